The summed E-state index contributed by atoms with van der Waals surface area (Å²) < 4.78 is 0. The maximum absolute atomic E-state index is 12.3. The second-order valence-electron chi connectivity index (χ2n) is 7.26. The van der Waals surface area contributed by atoms with E-state index in [4.69, 9.17) is 0 Å². The van der Waals surface area contributed by atoms with Crippen LogP contribution in [0.5, 0.6) is 5.75 Å². The molecule has 3 rings (SSSR count). The Balaban J connectivity index is 1.47. The highest BCUT2D eigenvalue weighted by Crippen LogP contribution is 2.18. The van der Waals surface area contributed by atoms with Crippen molar-refractivity contribution in [3.63, 3.8) is 0 Å². The number of benzene rings is 2. The summed E-state index contributed by atoms with van der Waals surface area (Å²) in [6.45, 7) is 3.92. The van der Waals surface area contributed by atoms with Gasteiger partial charge in [-0.25, -0.2) is 0 Å². The van der Waals surface area contributed by atoms with Gasteiger partial charge in [0.2, 0.25) is 0 Å². The van der Waals surface area contributed by atoms with Gasteiger partial charge in [-0.2, -0.15) is 0 Å². The average Bonchev–Trinajstić information content (AvgIpc) is 2.69. The van der Waals surface area contributed by atoms with Gasteiger partial charge < -0.3 is 25.1 Å². The zero-order valence-corrected chi connectivity index (χ0v) is 16.3. The molecule has 3 N–H and O–H groups in total. The van der Waals surface area contributed by atoms with Crippen molar-refractivity contribution >= 4 is 23.2 Å². The molecule has 1 fully saturated rings. The molecule has 7 heteroatoms. The third kappa shape index (κ3) is 5.01. The summed E-state index contributed by atoms with van der Waals surface area (Å²) in [5.74, 6) is 0.178. The van der Waals surface area contributed by atoms with Crippen LogP contribution in [-0.4, -0.2) is 68.6 Å². The lowest BCUT2D eigenvalue weighted by Crippen LogP contribution is -3.15. The van der Waals surface area contributed by atoms with E-state index >= 15 is 0 Å². The van der Waals surface area contributed by atoms with Crippen molar-refractivity contribution < 1.29 is 19.6 Å². The molecule has 28 heavy (non-hydrogen) atoms. The molecule has 0 atom stereocenters. The highest BCUT2D eigenvalue weighted by molar-refractivity contribution is 5.95. The maximum atomic E-state index is 12.3. The Morgan fingerprint density at radius 1 is 1.04 bits per heavy atom. The van der Waals surface area contributed by atoms with E-state index in [0.29, 0.717) is 17.8 Å². The molecule has 0 saturated carbocycles. The Kier molecular flexibility index (Phi) is 6.16. The minimum Gasteiger partial charge on any atom is -0.508 e. The molecule has 0 bridgehead atoms. The van der Waals surface area contributed by atoms with Crippen LogP contribution in [0.3, 0.4) is 0 Å². The van der Waals surface area contributed by atoms with Crippen molar-refractivity contribution in [1.29, 1.82) is 0 Å². The Bertz CT molecular complexity index is 811. The van der Waals surface area contributed by atoms with Crippen molar-refractivity contribution in [1.82, 2.24) is 4.90 Å². The number of anilines is 2. The van der Waals surface area contributed by atoms with Crippen molar-refractivity contribution in [3.8, 4) is 5.75 Å². The molecule has 7 nitrogen and oxygen atoms in total. The predicted octanol–water partition coefficient (Wildman–Crippen LogP) is 0.438. The molecule has 148 valence electrons. The number of carbonyl (C=O) groups is 2. The number of piperazine rings is 1. The maximum Gasteiger partial charge on any atom is 0.279 e. The minimum atomic E-state index is -0.0613. The summed E-state index contributed by atoms with van der Waals surface area (Å²) in [6, 6.07) is 14.2. The summed E-state index contributed by atoms with van der Waals surface area (Å²) >= 11 is 0. The highest BCUT2D eigenvalue weighted by atomic mass is 16.3. The fraction of sp³-hybridized carbons (Fsp3) is 0.333. The molecular weight excluding hydrogens is 356 g/mol. The van der Waals surface area contributed by atoms with Crippen LogP contribution >= 0.6 is 0 Å². The van der Waals surface area contributed by atoms with Crippen molar-refractivity contribution in [2.24, 2.45) is 0 Å². The zero-order chi connectivity index (χ0) is 20.1. The monoisotopic (exact) mass is 383 g/mol. The number of hydrogen-bond donors (Lipinski definition) is 3. The molecule has 1 aliphatic rings. The van der Waals surface area contributed by atoms with Crippen LogP contribution in [0, 0.1) is 0 Å². The topological polar surface area (TPSA) is 77.3 Å². The molecule has 2 aromatic carbocycles. The van der Waals surface area contributed by atoms with Crippen LogP contribution in [0.1, 0.15) is 10.4 Å². The highest BCUT2D eigenvalue weighted by Gasteiger charge is 2.22. The fourth-order valence-electron chi connectivity index (χ4n) is 3.31. The van der Waals surface area contributed by atoms with Gasteiger partial charge in [0.25, 0.3) is 11.8 Å². The van der Waals surface area contributed by atoms with Crippen molar-refractivity contribution in [3.05, 3.63) is 54.1 Å². The molecule has 2 aromatic rings. The lowest BCUT2D eigenvalue weighted by molar-refractivity contribution is -0.892. The summed E-state index contributed by atoms with van der Waals surface area (Å²) in [7, 11) is 3.42. The molecule has 1 aliphatic heterocycles. The fourth-order valence-corrected chi connectivity index (χ4v) is 3.31. The van der Waals surface area contributed by atoms with E-state index in [2.05, 4.69) is 10.2 Å². The second-order valence-corrected chi connectivity index (χ2v) is 7.26. The van der Waals surface area contributed by atoms with Crippen molar-refractivity contribution in [2.45, 2.75) is 0 Å². The van der Waals surface area contributed by atoms with E-state index in [-0.39, 0.29) is 17.6 Å². The van der Waals surface area contributed by atoms with Gasteiger partial charge in [-0.05, 0) is 48.5 Å². The number of rotatable bonds is 5. The predicted molar refractivity (Wildman–Crippen MR) is 109 cm³/mol. The zero-order valence-electron chi connectivity index (χ0n) is 16.3. The van der Waals surface area contributed by atoms with Crippen LogP contribution in [0.2, 0.25) is 0 Å². The van der Waals surface area contributed by atoms with E-state index < -0.39 is 0 Å². The summed E-state index contributed by atoms with van der Waals surface area (Å²) in [4.78, 5) is 29.3. The smallest absolute Gasteiger partial charge is 0.279 e. The first-order chi connectivity index (χ1) is 13.4. The van der Waals surface area contributed by atoms with Crippen LogP contribution in [0.15, 0.2) is 48.5 Å². The summed E-state index contributed by atoms with van der Waals surface area (Å²) in [6.07, 6.45) is 0. The minimum absolute atomic E-state index is 0.0280. The number of quaternary nitrogens is 1. The second kappa shape index (κ2) is 8.75. The standard InChI is InChI=1S/C21H26N4O3/c1-23(2)21(28)16-3-5-17(6-4-16)22-20(27)15-24-11-13-25(14-12-24)18-7-9-19(26)10-8-18/h3-10,26H,11-15H2,1-2H3,(H,22,27)/p+1. The Hall–Kier alpha value is -3.06. The van der Waals surface area contributed by atoms with Gasteiger partial charge in [0.15, 0.2) is 6.54 Å². The van der Waals surface area contributed by atoms with Crippen LogP contribution in [-0.2, 0) is 4.79 Å². The van der Waals surface area contributed by atoms with Crippen LogP contribution in [0.4, 0.5) is 11.4 Å². The first kappa shape index (κ1) is 19.7. The van der Waals surface area contributed by atoms with Gasteiger partial charge in [-0.3, -0.25) is 9.59 Å². The lowest BCUT2D eigenvalue weighted by atomic mass is 10.2. The SMILES string of the molecule is CN(C)C(=O)c1ccc(NC(=O)C[NH+]2CCN(c3ccc(O)cc3)CC2)cc1. The van der Waals surface area contributed by atoms with Gasteiger partial charge in [-0.15, -0.1) is 0 Å². The molecule has 0 unspecified atom stereocenters. The number of nitrogens with one attached hydrogen (secondary N) is 2. The van der Waals surface area contributed by atoms with Gasteiger partial charge in [0.1, 0.15) is 5.75 Å². The molecule has 2 amide bonds. The first-order valence-electron chi connectivity index (χ1n) is 9.41. The van der Waals surface area contributed by atoms with Gasteiger partial charge in [0.05, 0.1) is 26.2 Å². The number of hydrogen-bond acceptors (Lipinski definition) is 4. The number of aromatic hydroxyl groups is 1. The first-order valence-corrected chi connectivity index (χ1v) is 9.41. The normalized spacial score (nSPS) is 14.6. The number of phenolic OH excluding ortho intramolecular Hbond substituents is 1. The molecule has 0 radical (unpaired) electrons. The van der Waals surface area contributed by atoms with E-state index in [0.717, 1.165) is 31.9 Å². The number of amides is 2. The number of nitrogens with zero attached hydrogens (tertiary/aromatic N) is 2. The van der Waals surface area contributed by atoms with Gasteiger partial charge in [-0.1, -0.05) is 0 Å². The van der Waals surface area contributed by atoms with Gasteiger partial charge in [0, 0.05) is 31.0 Å². The lowest BCUT2D eigenvalue weighted by Gasteiger charge is -2.33. The largest absolute Gasteiger partial charge is 0.508 e. The molecule has 0 aromatic heterocycles. The average molecular weight is 383 g/mol. The van der Waals surface area contributed by atoms with Gasteiger partial charge >= 0.3 is 0 Å². The molecule has 0 aliphatic carbocycles. The van der Waals surface area contributed by atoms with Crippen LogP contribution < -0.4 is 15.1 Å². The molecule has 0 spiro atoms. The Labute approximate surface area is 165 Å². The van der Waals surface area contributed by atoms with E-state index in [9.17, 15) is 14.7 Å². The summed E-state index contributed by atoms with van der Waals surface area (Å²) in [5.41, 5.74) is 2.38. The van der Waals surface area contributed by atoms with E-state index in [1.807, 2.05) is 12.1 Å². The number of carbonyl (C=O) groups excluding carboxylic acids is 2. The van der Waals surface area contributed by atoms with Crippen LogP contribution in [0.25, 0.3) is 0 Å². The Morgan fingerprint density at radius 2 is 1.64 bits per heavy atom. The molecule has 1 saturated heterocycles. The third-order valence-electron chi connectivity index (χ3n) is 4.92. The summed E-state index contributed by atoms with van der Waals surface area (Å²) in [5, 5.41) is 12.3. The quantitative estimate of drug-likeness (QED) is 0.700. The number of phenols is 1. The third-order valence-corrected chi connectivity index (χ3v) is 4.92. The Morgan fingerprint density at radius 3 is 2.21 bits per heavy atom. The van der Waals surface area contributed by atoms with Crippen molar-refractivity contribution in [2.75, 3.05) is 57.0 Å². The molecular formula is C21H27N4O3+. The van der Waals surface area contributed by atoms with E-state index in [1.54, 1.807) is 50.5 Å². The molecule has 1 heterocycles. The van der Waals surface area contributed by atoms with E-state index in [1.165, 1.54) is 9.80 Å².